The second-order valence-electron chi connectivity index (χ2n) is 4.90. The number of nitrogen functional groups attached to an aromatic ring is 1. The van der Waals surface area contributed by atoms with Crippen molar-refractivity contribution >= 4 is 11.6 Å². The highest BCUT2D eigenvalue weighted by molar-refractivity contribution is 5.96. The number of carbonyl (C=O) groups excluding carboxylic acids is 1. The van der Waals surface area contributed by atoms with E-state index in [9.17, 15) is 4.79 Å². The van der Waals surface area contributed by atoms with Crippen LogP contribution in [0.4, 0.5) is 5.69 Å². The molecule has 0 saturated carbocycles. The largest absolute Gasteiger partial charge is 0.379 e. The van der Waals surface area contributed by atoms with Gasteiger partial charge >= 0.3 is 0 Å². The summed E-state index contributed by atoms with van der Waals surface area (Å²) in [6, 6.07) is 5.37. The molecule has 0 fully saturated rings. The molecule has 1 amide bonds. The number of benzene rings is 1. The van der Waals surface area contributed by atoms with Crippen LogP contribution in [0, 0.1) is 12.8 Å². The summed E-state index contributed by atoms with van der Waals surface area (Å²) in [5.41, 5.74) is 4.88. The highest BCUT2D eigenvalue weighted by atomic mass is 16.5. The van der Waals surface area contributed by atoms with Gasteiger partial charge < -0.3 is 15.5 Å². The molecule has 0 aliphatic carbocycles. The molecule has 0 saturated heterocycles. The van der Waals surface area contributed by atoms with Gasteiger partial charge in [0.1, 0.15) is 0 Å². The van der Waals surface area contributed by atoms with Crippen molar-refractivity contribution in [2.75, 3.05) is 25.2 Å². The van der Waals surface area contributed by atoms with E-state index in [2.05, 4.69) is 24.6 Å². The van der Waals surface area contributed by atoms with Gasteiger partial charge in [-0.3, -0.25) is 10.6 Å². The Bertz CT molecular complexity index is 419. The molecule has 0 spiro atoms. The standard InChI is InChI=1S/C14H23N3O2/c1-10(2)9-19-7-6-16-14(18)13-5-4-12(17-15)8-11(13)3/h4-5,8,10,17H,6-7,9,15H2,1-3H3,(H,16,18). The first-order valence-electron chi connectivity index (χ1n) is 6.47. The SMILES string of the molecule is Cc1cc(NN)ccc1C(=O)NCCOCC(C)C. The number of aryl methyl sites for hydroxylation is 1. The molecule has 106 valence electrons. The molecule has 0 aliphatic heterocycles. The fourth-order valence-electron chi connectivity index (χ4n) is 1.66. The average Bonchev–Trinajstić information content (AvgIpc) is 2.37. The Morgan fingerprint density at radius 2 is 2.16 bits per heavy atom. The van der Waals surface area contributed by atoms with Crippen LogP contribution in [0.15, 0.2) is 18.2 Å². The molecule has 19 heavy (non-hydrogen) atoms. The van der Waals surface area contributed by atoms with Crippen LogP contribution in [0.5, 0.6) is 0 Å². The number of nitrogens with two attached hydrogens (primary N) is 1. The first-order chi connectivity index (χ1) is 9.04. The van der Waals surface area contributed by atoms with Gasteiger partial charge in [-0.05, 0) is 36.6 Å². The van der Waals surface area contributed by atoms with Crippen LogP contribution in [0.2, 0.25) is 0 Å². The lowest BCUT2D eigenvalue weighted by molar-refractivity contribution is 0.0886. The Morgan fingerprint density at radius 3 is 2.74 bits per heavy atom. The molecule has 1 aromatic rings. The molecular weight excluding hydrogens is 242 g/mol. The zero-order chi connectivity index (χ0) is 14.3. The molecule has 0 aromatic heterocycles. The van der Waals surface area contributed by atoms with Crippen molar-refractivity contribution in [2.24, 2.45) is 11.8 Å². The molecule has 1 aromatic carbocycles. The molecule has 0 heterocycles. The summed E-state index contributed by atoms with van der Waals surface area (Å²) >= 11 is 0. The van der Waals surface area contributed by atoms with E-state index in [0.29, 0.717) is 31.2 Å². The average molecular weight is 265 g/mol. The number of nitrogens with one attached hydrogen (secondary N) is 2. The Labute approximate surface area is 114 Å². The van der Waals surface area contributed by atoms with Crippen LogP contribution in [0.1, 0.15) is 29.8 Å². The van der Waals surface area contributed by atoms with Crippen molar-refractivity contribution in [2.45, 2.75) is 20.8 Å². The summed E-state index contributed by atoms with van der Waals surface area (Å²) in [5.74, 6) is 5.74. The number of hydrazine groups is 1. The van der Waals surface area contributed by atoms with E-state index >= 15 is 0 Å². The summed E-state index contributed by atoms with van der Waals surface area (Å²) in [5, 5.41) is 2.84. The van der Waals surface area contributed by atoms with Crippen molar-refractivity contribution in [1.29, 1.82) is 0 Å². The Morgan fingerprint density at radius 1 is 1.42 bits per heavy atom. The fraction of sp³-hybridized carbons (Fsp3) is 0.500. The van der Waals surface area contributed by atoms with Crippen molar-refractivity contribution in [3.63, 3.8) is 0 Å². The maximum Gasteiger partial charge on any atom is 0.251 e. The van der Waals surface area contributed by atoms with Gasteiger partial charge in [0, 0.05) is 24.4 Å². The molecular formula is C14H23N3O2. The van der Waals surface area contributed by atoms with Crippen LogP contribution in [-0.2, 0) is 4.74 Å². The van der Waals surface area contributed by atoms with Gasteiger partial charge in [0.05, 0.1) is 6.61 Å². The Balaban J connectivity index is 2.41. The van der Waals surface area contributed by atoms with E-state index in [0.717, 1.165) is 11.3 Å². The third-order valence-electron chi connectivity index (χ3n) is 2.62. The predicted molar refractivity (Wildman–Crippen MR) is 77.0 cm³/mol. The molecule has 4 N–H and O–H groups in total. The monoisotopic (exact) mass is 265 g/mol. The molecule has 0 bridgehead atoms. The normalized spacial score (nSPS) is 10.6. The molecule has 5 heteroatoms. The number of ether oxygens (including phenoxy) is 1. The predicted octanol–water partition coefficient (Wildman–Crippen LogP) is 1.68. The summed E-state index contributed by atoms with van der Waals surface area (Å²) < 4.78 is 5.41. The lowest BCUT2D eigenvalue weighted by Gasteiger charge is -2.10. The summed E-state index contributed by atoms with van der Waals surface area (Å²) in [7, 11) is 0. The van der Waals surface area contributed by atoms with Crippen molar-refractivity contribution in [3.05, 3.63) is 29.3 Å². The van der Waals surface area contributed by atoms with E-state index < -0.39 is 0 Å². The topological polar surface area (TPSA) is 76.4 Å². The number of hydrogen-bond acceptors (Lipinski definition) is 4. The highest BCUT2D eigenvalue weighted by Gasteiger charge is 2.08. The van der Waals surface area contributed by atoms with Gasteiger partial charge in [0.25, 0.3) is 5.91 Å². The van der Waals surface area contributed by atoms with Gasteiger partial charge in [-0.1, -0.05) is 13.8 Å². The third-order valence-corrected chi connectivity index (χ3v) is 2.62. The van der Waals surface area contributed by atoms with Gasteiger partial charge in [0.15, 0.2) is 0 Å². The fourth-order valence-corrected chi connectivity index (χ4v) is 1.66. The number of rotatable bonds is 7. The quantitative estimate of drug-likeness (QED) is 0.398. The minimum atomic E-state index is -0.0887. The lowest BCUT2D eigenvalue weighted by Crippen LogP contribution is -2.28. The number of carbonyl (C=O) groups is 1. The summed E-state index contributed by atoms with van der Waals surface area (Å²) in [4.78, 5) is 11.9. The van der Waals surface area contributed by atoms with Gasteiger partial charge in [-0.15, -0.1) is 0 Å². The van der Waals surface area contributed by atoms with Crippen LogP contribution in [-0.4, -0.2) is 25.7 Å². The Hall–Kier alpha value is -1.59. The van der Waals surface area contributed by atoms with E-state index in [-0.39, 0.29) is 5.91 Å². The zero-order valence-electron chi connectivity index (χ0n) is 11.8. The smallest absolute Gasteiger partial charge is 0.251 e. The lowest BCUT2D eigenvalue weighted by atomic mass is 10.1. The van der Waals surface area contributed by atoms with Gasteiger partial charge in [0.2, 0.25) is 0 Å². The maximum atomic E-state index is 11.9. The van der Waals surface area contributed by atoms with Gasteiger partial charge in [-0.25, -0.2) is 0 Å². The van der Waals surface area contributed by atoms with E-state index in [1.165, 1.54) is 0 Å². The number of hydrogen-bond donors (Lipinski definition) is 3. The number of anilines is 1. The Kier molecular flexibility index (Phi) is 6.32. The maximum absolute atomic E-state index is 11.9. The molecule has 0 radical (unpaired) electrons. The first-order valence-corrected chi connectivity index (χ1v) is 6.47. The summed E-state index contributed by atoms with van der Waals surface area (Å²) in [6.07, 6.45) is 0. The molecule has 1 rings (SSSR count). The number of amides is 1. The first kappa shape index (κ1) is 15.5. The molecule has 0 aliphatic rings. The molecule has 5 nitrogen and oxygen atoms in total. The van der Waals surface area contributed by atoms with Crippen LogP contribution in [0.3, 0.4) is 0 Å². The summed E-state index contributed by atoms with van der Waals surface area (Å²) in [6.45, 7) is 7.83. The van der Waals surface area contributed by atoms with Gasteiger partial charge in [-0.2, -0.15) is 0 Å². The van der Waals surface area contributed by atoms with Crippen molar-refractivity contribution in [1.82, 2.24) is 5.32 Å². The third kappa shape index (κ3) is 5.28. The second kappa shape index (κ2) is 7.76. The van der Waals surface area contributed by atoms with Crippen LogP contribution >= 0.6 is 0 Å². The van der Waals surface area contributed by atoms with E-state index in [1.807, 2.05) is 13.0 Å². The van der Waals surface area contributed by atoms with E-state index in [4.69, 9.17) is 10.6 Å². The zero-order valence-corrected chi connectivity index (χ0v) is 11.8. The highest BCUT2D eigenvalue weighted by Crippen LogP contribution is 2.13. The molecule has 0 unspecified atom stereocenters. The second-order valence-corrected chi connectivity index (χ2v) is 4.90. The van der Waals surface area contributed by atoms with Crippen molar-refractivity contribution < 1.29 is 9.53 Å². The minimum Gasteiger partial charge on any atom is -0.379 e. The van der Waals surface area contributed by atoms with Crippen LogP contribution in [0.25, 0.3) is 0 Å². The van der Waals surface area contributed by atoms with E-state index in [1.54, 1.807) is 12.1 Å². The molecule has 0 atom stereocenters. The minimum absolute atomic E-state index is 0.0887. The van der Waals surface area contributed by atoms with Crippen LogP contribution < -0.4 is 16.6 Å². The van der Waals surface area contributed by atoms with Crippen molar-refractivity contribution in [3.8, 4) is 0 Å².